The summed E-state index contributed by atoms with van der Waals surface area (Å²) >= 11 is 1.27. The molecule has 1 aliphatic rings. The zero-order valence-electron chi connectivity index (χ0n) is 20.8. The summed E-state index contributed by atoms with van der Waals surface area (Å²) in [5.74, 6) is -1.08. The number of nitrogens with zero attached hydrogens (tertiary/aromatic N) is 4. The summed E-state index contributed by atoms with van der Waals surface area (Å²) in [4.78, 5) is 50.6. The van der Waals surface area contributed by atoms with E-state index in [0.717, 1.165) is 4.90 Å². The summed E-state index contributed by atoms with van der Waals surface area (Å²) in [6, 6.07) is 28.3. The molecule has 40 heavy (non-hydrogen) atoms. The fraction of sp³-hybridized carbons (Fsp3) is 0.0690. The van der Waals surface area contributed by atoms with E-state index in [-0.39, 0.29) is 29.5 Å². The quantitative estimate of drug-likeness (QED) is 0.112. The molecule has 4 aromatic rings. The molecule has 1 atom stereocenters. The number of hydrogen-bond acceptors (Lipinski definition) is 8. The van der Waals surface area contributed by atoms with Crippen molar-refractivity contribution in [2.75, 3.05) is 10.2 Å². The first-order valence-corrected chi connectivity index (χ1v) is 13.0. The molecule has 0 saturated carbocycles. The highest BCUT2D eigenvalue weighted by Crippen LogP contribution is 2.35. The number of nitro groups is 1. The Hall–Kier alpha value is -5.16. The van der Waals surface area contributed by atoms with E-state index in [1.807, 2.05) is 30.3 Å². The van der Waals surface area contributed by atoms with E-state index in [9.17, 15) is 24.5 Å². The van der Waals surface area contributed by atoms with Gasteiger partial charge in [-0.2, -0.15) is 10.2 Å². The van der Waals surface area contributed by atoms with Gasteiger partial charge in [0.2, 0.25) is 11.8 Å². The number of azo groups is 1. The molecule has 1 aliphatic heterocycles. The lowest BCUT2D eigenvalue weighted by molar-refractivity contribution is -0.384. The van der Waals surface area contributed by atoms with E-state index in [4.69, 9.17) is 0 Å². The van der Waals surface area contributed by atoms with Crippen molar-refractivity contribution in [1.82, 2.24) is 0 Å². The number of benzene rings is 4. The Morgan fingerprint density at radius 2 is 1.55 bits per heavy atom. The molecule has 10 nitrogen and oxygen atoms in total. The summed E-state index contributed by atoms with van der Waals surface area (Å²) in [5, 5.41) is 21.4. The van der Waals surface area contributed by atoms with Crippen molar-refractivity contribution in [2.45, 2.75) is 16.6 Å². The van der Waals surface area contributed by atoms with Gasteiger partial charge in [0.25, 0.3) is 11.6 Å². The number of nitro benzene ring substituents is 1. The predicted octanol–water partition coefficient (Wildman–Crippen LogP) is 6.69. The molecule has 1 fully saturated rings. The van der Waals surface area contributed by atoms with Crippen LogP contribution in [-0.2, 0) is 9.59 Å². The minimum Gasteiger partial charge on any atom is -0.322 e. The third kappa shape index (κ3) is 6.11. The molecule has 4 aromatic carbocycles. The summed E-state index contributed by atoms with van der Waals surface area (Å²) in [6.07, 6.45) is 0.0598. The minimum atomic E-state index is -0.588. The zero-order chi connectivity index (χ0) is 28.1. The Kier molecular flexibility index (Phi) is 7.74. The van der Waals surface area contributed by atoms with Gasteiger partial charge in [-0.1, -0.05) is 24.3 Å². The number of non-ortho nitro benzene ring substituents is 1. The second-order valence-corrected chi connectivity index (χ2v) is 9.99. The Bertz CT molecular complexity index is 1610. The molecular weight excluding hydrogens is 530 g/mol. The van der Waals surface area contributed by atoms with Gasteiger partial charge in [-0.15, -0.1) is 11.8 Å². The Morgan fingerprint density at radius 3 is 2.23 bits per heavy atom. The molecule has 0 radical (unpaired) electrons. The molecule has 5 rings (SSSR count). The van der Waals surface area contributed by atoms with Crippen LogP contribution in [0.3, 0.4) is 0 Å². The van der Waals surface area contributed by atoms with Crippen molar-refractivity contribution in [3.05, 3.63) is 119 Å². The van der Waals surface area contributed by atoms with E-state index in [1.165, 1.54) is 40.9 Å². The van der Waals surface area contributed by atoms with Crippen molar-refractivity contribution in [3.63, 3.8) is 0 Å². The predicted molar refractivity (Wildman–Crippen MR) is 151 cm³/mol. The molecule has 1 unspecified atom stereocenters. The van der Waals surface area contributed by atoms with Crippen LogP contribution in [0.1, 0.15) is 16.8 Å². The van der Waals surface area contributed by atoms with Crippen LogP contribution in [0, 0.1) is 10.1 Å². The third-order valence-electron chi connectivity index (χ3n) is 5.96. The molecule has 0 spiro atoms. The second-order valence-electron chi connectivity index (χ2n) is 8.72. The first-order valence-electron chi connectivity index (χ1n) is 12.1. The number of carbonyl (C=O) groups is 3. The van der Waals surface area contributed by atoms with Crippen molar-refractivity contribution in [3.8, 4) is 0 Å². The first-order chi connectivity index (χ1) is 19.4. The lowest BCUT2D eigenvalue weighted by Crippen LogP contribution is -2.30. The van der Waals surface area contributed by atoms with Gasteiger partial charge in [0.1, 0.15) is 0 Å². The van der Waals surface area contributed by atoms with E-state index >= 15 is 0 Å². The monoisotopic (exact) mass is 551 g/mol. The average Bonchev–Trinajstić information content (AvgIpc) is 3.25. The molecule has 198 valence electrons. The smallest absolute Gasteiger partial charge is 0.270 e. The summed E-state index contributed by atoms with van der Waals surface area (Å²) in [7, 11) is 0. The number of nitrogens with one attached hydrogen (secondary N) is 1. The van der Waals surface area contributed by atoms with Gasteiger partial charge >= 0.3 is 0 Å². The van der Waals surface area contributed by atoms with E-state index in [0.29, 0.717) is 22.7 Å². The number of hydrogen-bond donors (Lipinski definition) is 1. The van der Waals surface area contributed by atoms with E-state index < -0.39 is 16.1 Å². The standard InChI is InChI=1S/C29H21N5O5S/c35-27-18-26(29(37)33(27)23-13-9-22(10-14-23)32-31-21-6-2-1-3-7-21)40-25-15-11-20(12-16-25)30-28(36)19-5-4-8-24(17-19)34(38)39/h1-17,26H,18H2,(H,30,36). The Balaban J connectivity index is 1.20. The first kappa shape index (κ1) is 26.4. The van der Waals surface area contributed by atoms with Crippen LogP contribution < -0.4 is 10.2 Å². The Labute approximate surface area is 232 Å². The summed E-state index contributed by atoms with van der Waals surface area (Å²) in [6.45, 7) is 0. The number of amides is 3. The van der Waals surface area contributed by atoms with Crippen molar-refractivity contribution < 1.29 is 19.3 Å². The van der Waals surface area contributed by atoms with Crippen LogP contribution >= 0.6 is 11.8 Å². The number of thioether (sulfide) groups is 1. The average molecular weight is 552 g/mol. The Morgan fingerprint density at radius 1 is 0.875 bits per heavy atom. The normalized spacial score (nSPS) is 15.0. The number of imide groups is 1. The van der Waals surface area contributed by atoms with Crippen molar-refractivity contribution in [2.24, 2.45) is 10.2 Å². The van der Waals surface area contributed by atoms with E-state index in [2.05, 4.69) is 15.5 Å². The molecule has 0 bridgehead atoms. The summed E-state index contributed by atoms with van der Waals surface area (Å²) < 4.78 is 0. The fourth-order valence-electron chi connectivity index (χ4n) is 3.99. The number of carbonyl (C=O) groups excluding carboxylic acids is 3. The van der Waals surface area contributed by atoms with Crippen molar-refractivity contribution >= 4 is 57.9 Å². The maximum Gasteiger partial charge on any atom is 0.270 e. The molecule has 1 N–H and O–H groups in total. The highest BCUT2D eigenvalue weighted by molar-refractivity contribution is 8.00. The third-order valence-corrected chi connectivity index (χ3v) is 7.16. The molecule has 11 heteroatoms. The second kappa shape index (κ2) is 11.7. The van der Waals surface area contributed by atoms with Crippen LogP contribution in [0.5, 0.6) is 0 Å². The zero-order valence-corrected chi connectivity index (χ0v) is 21.7. The molecule has 1 heterocycles. The van der Waals surface area contributed by atoms with Gasteiger partial charge in [-0.25, -0.2) is 4.90 Å². The van der Waals surface area contributed by atoms with Crippen LogP contribution in [0.25, 0.3) is 0 Å². The SMILES string of the molecule is O=C(Nc1ccc(SC2CC(=O)N(c3ccc(N=Nc4ccccc4)cc3)C2=O)cc1)c1cccc([N+](=O)[O-])c1. The lowest BCUT2D eigenvalue weighted by Gasteiger charge is -2.15. The fourth-order valence-corrected chi connectivity index (χ4v) is 5.04. The van der Waals surface area contributed by atoms with Gasteiger partial charge in [0, 0.05) is 34.7 Å². The molecule has 0 aliphatic carbocycles. The van der Waals surface area contributed by atoms with Gasteiger partial charge in [0.05, 0.1) is 27.2 Å². The van der Waals surface area contributed by atoms with Gasteiger partial charge in [0.15, 0.2) is 0 Å². The van der Waals surface area contributed by atoms with Crippen LogP contribution in [0.4, 0.5) is 28.4 Å². The number of anilines is 2. The van der Waals surface area contributed by atoms with E-state index in [1.54, 1.807) is 48.5 Å². The highest BCUT2D eigenvalue weighted by Gasteiger charge is 2.40. The van der Waals surface area contributed by atoms with Gasteiger partial charge in [-0.3, -0.25) is 24.5 Å². The van der Waals surface area contributed by atoms with Crippen molar-refractivity contribution in [1.29, 1.82) is 0 Å². The van der Waals surface area contributed by atoms with Crippen LogP contribution in [0.2, 0.25) is 0 Å². The largest absolute Gasteiger partial charge is 0.322 e. The molecule has 0 aromatic heterocycles. The topological polar surface area (TPSA) is 134 Å². The molecule has 3 amide bonds. The molecule has 1 saturated heterocycles. The minimum absolute atomic E-state index is 0.0598. The van der Waals surface area contributed by atoms with Gasteiger partial charge < -0.3 is 5.32 Å². The highest BCUT2D eigenvalue weighted by atomic mass is 32.2. The van der Waals surface area contributed by atoms with Crippen LogP contribution in [0.15, 0.2) is 118 Å². The van der Waals surface area contributed by atoms with Crippen LogP contribution in [-0.4, -0.2) is 27.9 Å². The maximum absolute atomic E-state index is 13.1. The summed E-state index contributed by atoms with van der Waals surface area (Å²) in [5.41, 5.74) is 2.25. The lowest BCUT2D eigenvalue weighted by atomic mass is 10.2. The number of rotatable bonds is 8. The molecular formula is C29H21N5O5S. The maximum atomic E-state index is 13.1. The van der Waals surface area contributed by atoms with Gasteiger partial charge in [-0.05, 0) is 66.7 Å².